The Morgan fingerprint density at radius 1 is 1.22 bits per heavy atom. The number of nitrogens with zero attached hydrogens (tertiary/aromatic N) is 2. The summed E-state index contributed by atoms with van der Waals surface area (Å²) < 4.78 is 11.4. The SMILES string of the molecule is COC(=O)[C@H](C)Sc1nc2ccccc2c(=O)n1-c1ccc(OC)c(Cl)c1. The molecule has 0 bridgehead atoms. The average Bonchev–Trinajstić information content (AvgIpc) is 2.67. The first kappa shape index (κ1) is 19.3. The summed E-state index contributed by atoms with van der Waals surface area (Å²) in [6.07, 6.45) is 0. The van der Waals surface area contributed by atoms with E-state index >= 15 is 0 Å². The quantitative estimate of drug-likeness (QED) is 0.367. The number of ether oxygens (including phenoxy) is 2. The summed E-state index contributed by atoms with van der Waals surface area (Å²) in [4.78, 5) is 29.6. The summed E-state index contributed by atoms with van der Waals surface area (Å²) in [6, 6.07) is 12.1. The topological polar surface area (TPSA) is 70.4 Å². The van der Waals surface area contributed by atoms with Crippen LogP contribution in [0.1, 0.15) is 6.92 Å². The molecule has 3 rings (SSSR count). The molecule has 6 nitrogen and oxygen atoms in total. The fourth-order valence-corrected chi connectivity index (χ4v) is 3.79. The minimum absolute atomic E-state index is 0.249. The number of hydrogen-bond acceptors (Lipinski definition) is 6. The maximum absolute atomic E-state index is 13.2. The Kier molecular flexibility index (Phi) is 5.72. The molecule has 2 aromatic carbocycles. The lowest BCUT2D eigenvalue weighted by molar-refractivity contribution is -0.139. The van der Waals surface area contributed by atoms with Crippen molar-refractivity contribution >= 4 is 40.2 Å². The van der Waals surface area contributed by atoms with Gasteiger partial charge in [-0.15, -0.1) is 0 Å². The Morgan fingerprint density at radius 2 is 1.96 bits per heavy atom. The Bertz CT molecular complexity index is 1070. The molecule has 0 aliphatic carbocycles. The lowest BCUT2D eigenvalue weighted by atomic mass is 10.2. The molecule has 0 N–H and O–H groups in total. The van der Waals surface area contributed by atoms with Crippen molar-refractivity contribution in [2.24, 2.45) is 0 Å². The molecule has 8 heteroatoms. The molecule has 3 aromatic rings. The minimum Gasteiger partial charge on any atom is -0.495 e. The van der Waals surface area contributed by atoms with E-state index in [1.54, 1.807) is 43.3 Å². The molecule has 0 saturated heterocycles. The number of methoxy groups -OCH3 is 2. The number of benzene rings is 2. The zero-order valence-corrected chi connectivity index (χ0v) is 16.5. The smallest absolute Gasteiger partial charge is 0.318 e. The molecule has 0 saturated carbocycles. The first-order valence-electron chi connectivity index (χ1n) is 8.06. The number of aromatic nitrogens is 2. The highest BCUT2D eigenvalue weighted by atomic mass is 35.5. The summed E-state index contributed by atoms with van der Waals surface area (Å²) in [5.74, 6) is 0.0982. The van der Waals surface area contributed by atoms with Crippen molar-refractivity contribution in [1.29, 1.82) is 0 Å². The summed E-state index contributed by atoms with van der Waals surface area (Å²) >= 11 is 7.38. The minimum atomic E-state index is -0.539. The molecule has 0 fully saturated rings. The predicted molar refractivity (Wildman–Crippen MR) is 106 cm³/mol. The highest BCUT2D eigenvalue weighted by molar-refractivity contribution is 8.00. The van der Waals surface area contributed by atoms with Gasteiger partial charge in [-0.25, -0.2) is 4.98 Å². The van der Waals surface area contributed by atoms with Gasteiger partial charge in [-0.1, -0.05) is 35.5 Å². The number of esters is 1. The van der Waals surface area contributed by atoms with E-state index < -0.39 is 11.2 Å². The second kappa shape index (κ2) is 8.02. The molecule has 0 amide bonds. The van der Waals surface area contributed by atoms with Crippen LogP contribution in [0.3, 0.4) is 0 Å². The van der Waals surface area contributed by atoms with E-state index in [4.69, 9.17) is 21.1 Å². The number of halogens is 1. The summed E-state index contributed by atoms with van der Waals surface area (Å²) in [5, 5.41) is 0.674. The monoisotopic (exact) mass is 404 g/mol. The molecule has 0 unspecified atom stereocenters. The molecule has 0 aliphatic rings. The van der Waals surface area contributed by atoms with E-state index in [9.17, 15) is 9.59 Å². The lowest BCUT2D eigenvalue weighted by Gasteiger charge is -2.16. The van der Waals surface area contributed by atoms with Gasteiger partial charge in [0.05, 0.1) is 35.8 Å². The van der Waals surface area contributed by atoms with E-state index in [2.05, 4.69) is 4.98 Å². The van der Waals surface area contributed by atoms with E-state index in [0.29, 0.717) is 32.5 Å². The fraction of sp³-hybridized carbons (Fsp3) is 0.211. The number of carbonyl (C=O) groups excluding carboxylic acids is 1. The van der Waals surface area contributed by atoms with Crippen LogP contribution in [0.2, 0.25) is 5.02 Å². The van der Waals surface area contributed by atoms with Gasteiger partial charge in [0.2, 0.25) is 0 Å². The van der Waals surface area contributed by atoms with E-state index in [0.717, 1.165) is 11.8 Å². The van der Waals surface area contributed by atoms with Crippen molar-refractivity contribution in [2.45, 2.75) is 17.3 Å². The first-order chi connectivity index (χ1) is 13.0. The first-order valence-corrected chi connectivity index (χ1v) is 9.32. The van der Waals surface area contributed by atoms with Crippen molar-refractivity contribution in [2.75, 3.05) is 14.2 Å². The molecule has 0 radical (unpaired) electrons. The van der Waals surface area contributed by atoms with Crippen LogP contribution >= 0.6 is 23.4 Å². The van der Waals surface area contributed by atoms with Gasteiger partial charge in [0.25, 0.3) is 5.56 Å². The Hall–Kier alpha value is -2.51. The molecule has 140 valence electrons. The molecular formula is C19H17ClN2O4S. The summed E-state index contributed by atoms with van der Waals surface area (Å²) in [6.45, 7) is 1.70. The zero-order chi connectivity index (χ0) is 19.6. The Morgan fingerprint density at radius 3 is 2.63 bits per heavy atom. The van der Waals surface area contributed by atoms with Crippen LogP contribution in [0.15, 0.2) is 52.4 Å². The number of fused-ring (bicyclic) bond motifs is 1. The van der Waals surface area contributed by atoms with Gasteiger partial charge in [-0.05, 0) is 37.3 Å². The molecule has 1 heterocycles. The van der Waals surface area contributed by atoms with E-state index in [1.807, 2.05) is 6.07 Å². The predicted octanol–water partition coefficient (Wildman–Crippen LogP) is 3.70. The number of thioether (sulfide) groups is 1. The third-order valence-electron chi connectivity index (χ3n) is 3.95. The number of carbonyl (C=O) groups is 1. The highest BCUT2D eigenvalue weighted by Gasteiger charge is 2.21. The second-order valence-corrected chi connectivity index (χ2v) is 7.37. The normalized spacial score (nSPS) is 12.0. The third-order valence-corrected chi connectivity index (χ3v) is 5.28. The van der Waals surface area contributed by atoms with Crippen molar-refractivity contribution in [3.63, 3.8) is 0 Å². The maximum atomic E-state index is 13.2. The average molecular weight is 405 g/mol. The molecule has 0 aliphatic heterocycles. The van der Waals surface area contributed by atoms with Crippen LogP contribution in [0.25, 0.3) is 16.6 Å². The van der Waals surface area contributed by atoms with Crippen molar-refractivity contribution in [3.05, 3.63) is 57.8 Å². The summed E-state index contributed by atoms with van der Waals surface area (Å²) in [5.41, 5.74) is 0.836. The van der Waals surface area contributed by atoms with Gasteiger partial charge in [-0.3, -0.25) is 14.2 Å². The van der Waals surface area contributed by atoms with Crippen LogP contribution in [-0.2, 0) is 9.53 Å². The lowest BCUT2D eigenvalue weighted by Crippen LogP contribution is -2.24. The molecule has 1 aromatic heterocycles. The van der Waals surface area contributed by atoms with Crippen molar-refractivity contribution in [3.8, 4) is 11.4 Å². The molecule has 0 spiro atoms. The van der Waals surface area contributed by atoms with Crippen LogP contribution in [0.5, 0.6) is 5.75 Å². The summed E-state index contributed by atoms with van der Waals surface area (Å²) in [7, 11) is 2.84. The van der Waals surface area contributed by atoms with Gasteiger partial charge < -0.3 is 9.47 Å². The van der Waals surface area contributed by atoms with E-state index in [-0.39, 0.29) is 5.56 Å². The van der Waals surface area contributed by atoms with Crippen LogP contribution in [0.4, 0.5) is 0 Å². The Labute approximate surface area is 165 Å². The molecular weight excluding hydrogens is 388 g/mol. The van der Waals surface area contributed by atoms with Gasteiger partial charge in [0.15, 0.2) is 5.16 Å². The third kappa shape index (κ3) is 3.79. The van der Waals surface area contributed by atoms with Crippen LogP contribution in [0, 0.1) is 0 Å². The Balaban J connectivity index is 2.23. The van der Waals surface area contributed by atoms with E-state index in [1.165, 1.54) is 18.8 Å². The molecule has 1 atom stereocenters. The second-order valence-electron chi connectivity index (χ2n) is 5.65. The van der Waals surface area contributed by atoms with Gasteiger partial charge >= 0.3 is 5.97 Å². The number of para-hydroxylation sites is 1. The standard InChI is InChI=1S/C19H17ClN2O4S/c1-11(18(24)26-3)27-19-21-15-7-5-4-6-13(15)17(23)22(19)12-8-9-16(25-2)14(20)10-12/h4-11H,1-3H3/t11-/m0/s1. The van der Waals surface area contributed by atoms with Crippen molar-refractivity contribution in [1.82, 2.24) is 9.55 Å². The number of rotatable bonds is 5. The van der Waals surface area contributed by atoms with Gasteiger partial charge in [-0.2, -0.15) is 0 Å². The molecule has 27 heavy (non-hydrogen) atoms. The maximum Gasteiger partial charge on any atom is 0.318 e. The van der Waals surface area contributed by atoms with Crippen LogP contribution in [-0.4, -0.2) is 35.0 Å². The largest absolute Gasteiger partial charge is 0.495 e. The fourth-order valence-electron chi connectivity index (χ4n) is 2.59. The number of hydrogen-bond donors (Lipinski definition) is 0. The van der Waals surface area contributed by atoms with Crippen LogP contribution < -0.4 is 10.3 Å². The van der Waals surface area contributed by atoms with Crippen molar-refractivity contribution < 1.29 is 14.3 Å². The zero-order valence-electron chi connectivity index (χ0n) is 14.9. The highest BCUT2D eigenvalue weighted by Crippen LogP contribution is 2.30. The van der Waals surface area contributed by atoms with Gasteiger partial charge in [0, 0.05) is 0 Å². The van der Waals surface area contributed by atoms with Gasteiger partial charge in [0.1, 0.15) is 11.0 Å².